The van der Waals surface area contributed by atoms with Crippen molar-refractivity contribution in [1.82, 2.24) is 0 Å². The van der Waals surface area contributed by atoms with Gasteiger partial charge >= 0.3 is 5.97 Å². The highest BCUT2D eigenvalue weighted by Crippen LogP contribution is 2.24. The minimum absolute atomic E-state index is 0.0424. The maximum atomic E-state index is 12.3. The number of aryl methyl sites for hydroxylation is 1. The standard InChI is InChI=1S/C27H29NO4/c29-26(17-18-27(30)32-21-19-23-12-5-2-6-13-23)28-24-15-7-8-16-25(24)31-20-9-14-22-10-3-1-4-11-22/h1-8,10-13,15-16H,9,14,17-21H2,(H,28,29). The van der Waals surface area contributed by atoms with Gasteiger partial charge in [0.05, 0.1) is 25.3 Å². The van der Waals surface area contributed by atoms with E-state index < -0.39 is 0 Å². The van der Waals surface area contributed by atoms with E-state index in [1.807, 2.05) is 66.7 Å². The summed E-state index contributed by atoms with van der Waals surface area (Å²) < 4.78 is 11.1. The molecular weight excluding hydrogens is 402 g/mol. The summed E-state index contributed by atoms with van der Waals surface area (Å²) >= 11 is 0. The van der Waals surface area contributed by atoms with Crippen molar-refractivity contribution in [3.8, 4) is 5.75 Å². The van der Waals surface area contributed by atoms with Crippen molar-refractivity contribution in [3.05, 3.63) is 96.1 Å². The lowest BCUT2D eigenvalue weighted by molar-refractivity contribution is -0.144. The third kappa shape index (κ3) is 8.26. The van der Waals surface area contributed by atoms with Gasteiger partial charge in [0.15, 0.2) is 0 Å². The third-order valence-electron chi connectivity index (χ3n) is 4.92. The van der Waals surface area contributed by atoms with Gasteiger partial charge in [-0.2, -0.15) is 0 Å². The van der Waals surface area contributed by atoms with Gasteiger partial charge in [-0.05, 0) is 36.1 Å². The van der Waals surface area contributed by atoms with Gasteiger partial charge in [0.2, 0.25) is 5.91 Å². The van der Waals surface area contributed by atoms with Crippen molar-refractivity contribution >= 4 is 17.6 Å². The second kappa shape index (κ2) is 13.0. The first-order valence-corrected chi connectivity index (χ1v) is 11.0. The highest BCUT2D eigenvalue weighted by atomic mass is 16.5. The number of benzene rings is 3. The largest absolute Gasteiger partial charge is 0.491 e. The van der Waals surface area contributed by atoms with Gasteiger partial charge in [0, 0.05) is 12.8 Å². The highest BCUT2D eigenvalue weighted by molar-refractivity contribution is 5.93. The first-order valence-electron chi connectivity index (χ1n) is 11.0. The first-order chi connectivity index (χ1) is 15.7. The van der Waals surface area contributed by atoms with Crippen LogP contribution in [-0.2, 0) is 27.2 Å². The molecule has 5 heteroatoms. The van der Waals surface area contributed by atoms with Crippen LogP contribution < -0.4 is 10.1 Å². The lowest BCUT2D eigenvalue weighted by Gasteiger charge is -2.12. The van der Waals surface area contributed by atoms with Crippen LogP contribution in [0.25, 0.3) is 0 Å². The van der Waals surface area contributed by atoms with Crippen molar-refractivity contribution in [2.24, 2.45) is 0 Å². The molecule has 0 unspecified atom stereocenters. The molecule has 1 amide bonds. The van der Waals surface area contributed by atoms with Crippen LogP contribution >= 0.6 is 0 Å². The van der Waals surface area contributed by atoms with Crippen molar-refractivity contribution in [3.63, 3.8) is 0 Å². The van der Waals surface area contributed by atoms with Crippen LogP contribution in [0, 0.1) is 0 Å². The van der Waals surface area contributed by atoms with Crippen LogP contribution in [0.3, 0.4) is 0 Å². The van der Waals surface area contributed by atoms with Crippen LogP contribution in [0.2, 0.25) is 0 Å². The van der Waals surface area contributed by atoms with Gasteiger partial charge in [0.25, 0.3) is 0 Å². The Labute approximate surface area is 189 Å². The number of carbonyl (C=O) groups excluding carboxylic acids is 2. The number of ether oxygens (including phenoxy) is 2. The molecule has 1 N–H and O–H groups in total. The van der Waals surface area contributed by atoms with E-state index in [0.29, 0.717) is 31.1 Å². The minimum atomic E-state index is -0.374. The van der Waals surface area contributed by atoms with Crippen LogP contribution in [0.15, 0.2) is 84.9 Å². The molecule has 0 aromatic heterocycles. The number of amides is 1. The van der Waals surface area contributed by atoms with Crippen molar-refractivity contribution in [2.75, 3.05) is 18.5 Å². The van der Waals surface area contributed by atoms with Crippen LogP contribution in [0.5, 0.6) is 5.75 Å². The summed E-state index contributed by atoms with van der Waals surface area (Å²) in [5.74, 6) is 0.00576. The van der Waals surface area contributed by atoms with Gasteiger partial charge in [-0.15, -0.1) is 0 Å². The summed E-state index contributed by atoms with van der Waals surface area (Å²) in [4.78, 5) is 24.2. The molecule has 3 rings (SSSR count). The molecular formula is C27H29NO4. The summed E-state index contributed by atoms with van der Waals surface area (Å²) in [5.41, 5.74) is 2.99. The number of nitrogens with one attached hydrogen (secondary N) is 1. The van der Waals surface area contributed by atoms with E-state index in [1.165, 1.54) is 5.56 Å². The molecule has 0 fully saturated rings. The summed E-state index contributed by atoms with van der Waals surface area (Å²) in [6.07, 6.45) is 2.57. The van der Waals surface area contributed by atoms with Gasteiger partial charge in [-0.3, -0.25) is 9.59 Å². The Morgan fingerprint density at radius 1 is 0.688 bits per heavy atom. The Bertz CT molecular complexity index is 973. The molecule has 0 saturated carbocycles. The lowest BCUT2D eigenvalue weighted by Crippen LogP contribution is -2.16. The highest BCUT2D eigenvalue weighted by Gasteiger charge is 2.11. The molecule has 0 aliphatic carbocycles. The number of carbonyl (C=O) groups is 2. The molecule has 0 radical (unpaired) electrons. The molecule has 0 aliphatic rings. The van der Waals surface area contributed by atoms with Crippen LogP contribution in [-0.4, -0.2) is 25.1 Å². The summed E-state index contributed by atoms with van der Waals surface area (Å²) in [5, 5.41) is 2.83. The Morgan fingerprint density at radius 3 is 2.03 bits per heavy atom. The fraction of sp³-hybridized carbons (Fsp3) is 0.259. The van der Waals surface area contributed by atoms with Gasteiger partial charge in [0.1, 0.15) is 5.75 Å². The quantitative estimate of drug-likeness (QED) is 0.316. The zero-order valence-electron chi connectivity index (χ0n) is 18.2. The molecule has 5 nitrogen and oxygen atoms in total. The topological polar surface area (TPSA) is 64.6 Å². The predicted octanol–water partition coefficient (Wildman–Crippen LogP) is 5.20. The molecule has 3 aromatic carbocycles. The minimum Gasteiger partial charge on any atom is -0.491 e. The molecule has 0 aliphatic heterocycles. The van der Waals surface area contributed by atoms with E-state index in [-0.39, 0.29) is 24.7 Å². The fourth-order valence-electron chi connectivity index (χ4n) is 3.23. The van der Waals surface area contributed by atoms with Crippen LogP contribution in [0.4, 0.5) is 5.69 Å². The van der Waals surface area contributed by atoms with Crippen molar-refractivity contribution in [2.45, 2.75) is 32.1 Å². The second-order valence-electron chi connectivity index (χ2n) is 7.44. The number of esters is 1. The summed E-state index contributed by atoms with van der Waals surface area (Å²) in [6.45, 7) is 0.861. The van der Waals surface area contributed by atoms with E-state index in [4.69, 9.17) is 9.47 Å². The third-order valence-corrected chi connectivity index (χ3v) is 4.92. The predicted molar refractivity (Wildman–Crippen MR) is 126 cm³/mol. The normalized spacial score (nSPS) is 10.4. The second-order valence-corrected chi connectivity index (χ2v) is 7.44. The molecule has 32 heavy (non-hydrogen) atoms. The maximum Gasteiger partial charge on any atom is 0.306 e. The van der Waals surface area contributed by atoms with Gasteiger partial charge < -0.3 is 14.8 Å². The Balaban J connectivity index is 1.36. The number of para-hydroxylation sites is 2. The fourth-order valence-corrected chi connectivity index (χ4v) is 3.23. The zero-order chi connectivity index (χ0) is 22.4. The summed E-state index contributed by atoms with van der Waals surface area (Å²) in [6, 6.07) is 27.4. The average Bonchev–Trinajstić information content (AvgIpc) is 2.83. The molecule has 3 aromatic rings. The average molecular weight is 432 g/mol. The molecule has 0 saturated heterocycles. The molecule has 0 heterocycles. The SMILES string of the molecule is O=C(CCC(=O)OCCc1ccccc1)Nc1ccccc1OCCCc1ccccc1. The maximum absolute atomic E-state index is 12.3. The monoisotopic (exact) mass is 431 g/mol. The van der Waals surface area contributed by atoms with E-state index in [0.717, 1.165) is 18.4 Å². The molecule has 0 atom stereocenters. The van der Waals surface area contributed by atoms with Gasteiger partial charge in [-0.1, -0.05) is 72.8 Å². The van der Waals surface area contributed by atoms with E-state index >= 15 is 0 Å². The van der Waals surface area contributed by atoms with Crippen molar-refractivity contribution in [1.29, 1.82) is 0 Å². The van der Waals surface area contributed by atoms with E-state index in [9.17, 15) is 9.59 Å². The first kappa shape index (κ1) is 23.1. The number of rotatable bonds is 12. The smallest absolute Gasteiger partial charge is 0.306 e. The zero-order valence-corrected chi connectivity index (χ0v) is 18.2. The summed E-state index contributed by atoms with van der Waals surface area (Å²) in [7, 11) is 0. The van der Waals surface area contributed by atoms with Crippen molar-refractivity contribution < 1.29 is 19.1 Å². The Kier molecular flexibility index (Phi) is 9.34. The number of hydrogen-bond donors (Lipinski definition) is 1. The van der Waals surface area contributed by atoms with Crippen LogP contribution in [0.1, 0.15) is 30.4 Å². The lowest BCUT2D eigenvalue weighted by atomic mass is 10.1. The van der Waals surface area contributed by atoms with Gasteiger partial charge in [-0.25, -0.2) is 0 Å². The van der Waals surface area contributed by atoms with E-state index in [2.05, 4.69) is 17.4 Å². The Morgan fingerprint density at radius 2 is 1.31 bits per heavy atom. The van der Waals surface area contributed by atoms with E-state index in [1.54, 1.807) is 6.07 Å². The number of anilines is 1. The Hall–Kier alpha value is -3.60. The molecule has 0 bridgehead atoms. The number of hydrogen-bond acceptors (Lipinski definition) is 4. The molecule has 0 spiro atoms. The molecule has 166 valence electrons.